The van der Waals surface area contributed by atoms with Crippen LogP contribution in [0.3, 0.4) is 0 Å². The summed E-state index contributed by atoms with van der Waals surface area (Å²) in [6.07, 6.45) is 1.43. The van der Waals surface area contributed by atoms with Gasteiger partial charge in [-0.05, 0) is 59.8 Å². The smallest absolute Gasteiger partial charge is 0.303 e. The molecule has 2 N–H and O–H groups in total. The number of aliphatic hydroxyl groups excluding tert-OH is 1. The Hall–Kier alpha value is -1.07. The molecule has 0 aliphatic rings. The molecule has 4 nitrogen and oxygen atoms in total. The van der Waals surface area contributed by atoms with Crippen LogP contribution in [0.5, 0.6) is 5.75 Å². The number of unbranched alkanes of at least 4 members (excludes halogenated alkanes) is 1. The largest absolute Gasteiger partial charge is 0.493 e. The summed E-state index contributed by atoms with van der Waals surface area (Å²) in [5.41, 5.74) is 0.811. The quantitative estimate of drug-likeness (QED) is 0.715. The molecule has 1 rings (SSSR count). The van der Waals surface area contributed by atoms with Crippen molar-refractivity contribution in [3.8, 4) is 5.75 Å². The first kappa shape index (κ1) is 16.0. The van der Waals surface area contributed by atoms with Crippen LogP contribution in [0.25, 0.3) is 0 Å². The number of aliphatic hydroxyl groups is 1. The van der Waals surface area contributed by atoms with E-state index in [1.165, 1.54) is 0 Å². The summed E-state index contributed by atoms with van der Waals surface area (Å²) < 4.78 is 6.22. The molecule has 1 unspecified atom stereocenters. The molecule has 1 aromatic rings. The first-order chi connectivity index (χ1) is 9.04. The number of halogens is 1. The summed E-state index contributed by atoms with van der Waals surface area (Å²) in [5, 5.41) is 18.6. The molecule has 0 fully saturated rings. The molecule has 0 aromatic heterocycles. The normalized spacial score (nSPS) is 12.2. The van der Waals surface area contributed by atoms with Crippen LogP contribution in [0.4, 0.5) is 0 Å². The van der Waals surface area contributed by atoms with E-state index in [-0.39, 0.29) is 6.42 Å². The fraction of sp³-hybridized carbons (Fsp3) is 0.500. The topological polar surface area (TPSA) is 66.8 Å². The van der Waals surface area contributed by atoms with Crippen LogP contribution in [0.1, 0.15) is 44.3 Å². The lowest BCUT2D eigenvalue weighted by atomic mass is 10.0. The first-order valence-corrected chi connectivity index (χ1v) is 7.16. The Morgan fingerprint density at radius 1 is 1.42 bits per heavy atom. The summed E-state index contributed by atoms with van der Waals surface area (Å²) in [4.78, 5) is 10.4. The highest BCUT2D eigenvalue weighted by atomic mass is 79.9. The maximum atomic E-state index is 10.4. The third-order valence-electron chi connectivity index (χ3n) is 2.76. The third kappa shape index (κ3) is 5.61. The third-order valence-corrected chi connectivity index (χ3v) is 3.38. The van der Waals surface area contributed by atoms with Gasteiger partial charge in [0.1, 0.15) is 5.75 Å². The van der Waals surface area contributed by atoms with Gasteiger partial charge in [0.2, 0.25) is 0 Å². The molecule has 106 valence electrons. The van der Waals surface area contributed by atoms with Crippen molar-refractivity contribution in [3.05, 3.63) is 28.2 Å². The Morgan fingerprint density at radius 2 is 2.16 bits per heavy atom. The van der Waals surface area contributed by atoms with E-state index in [0.29, 0.717) is 25.9 Å². The highest BCUT2D eigenvalue weighted by Crippen LogP contribution is 2.30. The summed E-state index contributed by atoms with van der Waals surface area (Å²) in [6, 6.07) is 5.49. The minimum atomic E-state index is -0.793. The van der Waals surface area contributed by atoms with Gasteiger partial charge in [-0.2, -0.15) is 0 Å². The maximum Gasteiger partial charge on any atom is 0.303 e. The van der Waals surface area contributed by atoms with E-state index in [1.807, 2.05) is 25.1 Å². The number of rotatable bonds is 8. The zero-order valence-corrected chi connectivity index (χ0v) is 12.5. The minimum absolute atomic E-state index is 0.152. The molecule has 1 aromatic carbocycles. The van der Waals surface area contributed by atoms with Gasteiger partial charge >= 0.3 is 5.97 Å². The van der Waals surface area contributed by atoms with E-state index in [0.717, 1.165) is 15.8 Å². The average Bonchev–Trinajstić information content (AvgIpc) is 2.36. The average molecular weight is 331 g/mol. The number of carbonyl (C=O) groups is 1. The number of aliphatic carboxylic acids is 1. The number of hydrogen-bond donors (Lipinski definition) is 2. The summed E-state index contributed by atoms with van der Waals surface area (Å²) in [6.45, 7) is 2.51. The maximum absolute atomic E-state index is 10.4. The standard InChI is InChI=1S/C14H19BrO4/c1-2-19-13-8-7-10(9-11(13)15)12(16)5-3-4-6-14(17)18/h7-9,12,16H,2-6H2,1H3,(H,17,18). The Labute approximate surface area is 121 Å². The number of carboxylic acid groups (broad SMARTS) is 1. The van der Waals surface area contributed by atoms with E-state index in [4.69, 9.17) is 9.84 Å². The fourth-order valence-corrected chi connectivity index (χ4v) is 2.29. The van der Waals surface area contributed by atoms with Gasteiger partial charge in [0.05, 0.1) is 17.2 Å². The van der Waals surface area contributed by atoms with Crippen LogP contribution in [0.2, 0.25) is 0 Å². The number of ether oxygens (including phenoxy) is 1. The predicted molar refractivity (Wildman–Crippen MR) is 76.4 cm³/mol. The van der Waals surface area contributed by atoms with E-state index in [2.05, 4.69) is 15.9 Å². The molecule has 1 atom stereocenters. The Bertz CT molecular complexity index is 420. The van der Waals surface area contributed by atoms with Crippen molar-refractivity contribution >= 4 is 21.9 Å². The molecular weight excluding hydrogens is 312 g/mol. The first-order valence-electron chi connectivity index (χ1n) is 6.36. The van der Waals surface area contributed by atoms with E-state index < -0.39 is 12.1 Å². The number of hydrogen-bond acceptors (Lipinski definition) is 3. The van der Waals surface area contributed by atoms with Crippen molar-refractivity contribution in [2.24, 2.45) is 0 Å². The summed E-state index contributed by atoms with van der Waals surface area (Å²) in [5.74, 6) is -0.0392. The molecule has 0 aliphatic heterocycles. The van der Waals surface area contributed by atoms with Gasteiger partial charge < -0.3 is 14.9 Å². The lowest BCUT2D eigenvalue weighted by Crippen LogP contribution is -2.00. The molecule has 0 radical (unpaired) electrons. The molecule has 5 heteroatoms. The van der Waals surface area contributed by atoms with Crippen LogP contribution in [-0.4, -0.2) is 22.8 Å². The SMILES string of the molecule is CCOc1ccc(C(O)CCCCC(=O)O)cc1Br. The highest BCUT2D eigenvalue weighted by Gasteiger charge is 2.10. The Balaban J connectivity index is 2.50. The van der Waals surface area contributed by atoms with Crippen molar-refractivity contribution in [2.45, 2.75) is 38.7 Å². The van der Waals surface area contributed by atoms with Crippen LogP contribution < -0.4 is 4.74 Å². The second-order valence-electron chi connectivity index (χ2n) is 4.28. The van der Waals surface area contributed by atoms with Gasteiger partial charge in [0, 0.05) is 6.42 Å². The molecular formula is C14H19BrO4. The van der Waals surface area contributed by atoms with Crippen molar-refractivity contribution in [3.63, 3.8) is 0 Å². The number of benzene rings is 1. The van der Waals surface area contributed by atoms with E-state index in [9.17, 15) is 9.90 Å². The van der Waals surface area contributed by atoms with Crippen molar-refractivity contribution in [2.75, 3.05) is 6.61 Å². The van der Waals surface area contributed by atoms with Gasteiger partial charge in [0.15, 0.2) is 0 Å². The van der Waals surface area contributed by atoms with Crippen molar-refractivity contribution in [1.29, 1.82) is 0 Å². The van der Waals surface area contributed by atoms with Crippen molar-refractivity contribution < 1.29 is 19.7 Å². The fourth-order valence-electron chi connectivity index (χ4n) is 1.78. The zero-order chi connectivity index (χ0) is 14.3. The Kier molecular flexibility index (Phi) is 6.87. The van der Waals surface area contributed by atoms with Crippen LogP contribution >= 0.6 is 15.9 Å². The molecule has 0 heterocycles. The molecule has 0 bridgehead atoms. The molecule has 0 spiro atoms. The van der Waals surface area contributed by atoms with Gasteiger partial charge in [-0.25, -0.2) is 0 Å². The monoisotopic (exact) mass is 330 g/mol. The van der Waals surface area contributed by atoms with Crippen LogP contribution in [0, 0.1) is 0 Å². The van der Waals surface area contributed by atoms with E-state index >= 15 is 0 Å². The molecule has 0 amide bonds. The molecule has 19 heavy (non-hydrogen) atoms. The highest BCUT2D eigenvalue weighted by molar-refractivity contribution is 9.10. The molecule has 0 aliphatic carbocycles. The van der Waals surface area contributed by atoms with Crippen LogP contribution in [0.15, 0.2) is 22.7 Å². The second kappa shape index (κ2) is 8.17. The van der Waals surface area contributed by atoms with Gasteiger partial charge in [-0.15, -0.1) is 0 Å². The Morgan fingerprint density at radius 3 is 2.74 bits per heavy atom. The zero-order valence-electron chi connectivity index (χ0n) is 10.9. The minimum Gasteiger partial charge on any atom is -0.493 e. The van der Waals surface area contributed by atoms with E-state index in [1.54, 1.807) is 0 Å². The lowest BCUT2D eigenvalue weighted by molar-refractivity contribution is -0.137. The molecule has 0 saturated heterocycles. The van der Waals surface area contributed by atoms with Gasteiger partial charge in [0.25, 0.3) is 0 Å². The van der Waals surface area contributed by atoms with Crippen LogP contribution in [-0.2, 0) is 4.79 Å². The molecule has 0 saturated carbocycles. The predicted octanol–water partition coefficient (Wildman–Crippen LogP) is 3.53. The van der Waals surface area contributed by atoms with Crippen molar-refractivity contribution in [1.82, 2.24) is 0 Å². The summed E-state index contributed by atoms with van der Waals surface area (Å²) in [7, 11) is 0. The van der Waals surface area contributed by atoms with Gasteiger partial charge in [-0.1, -0.05) is 6.07 Å². The lowest BCUT2D eigenvalue weighted by Gasteiger charge is -2.13. The number of carboxylic acids is 1. The van der Waals surface area contributed by atoms with Gasteiger partial charge in [-0.3, -0.25) is 4.79 Å². The second-order valence-corrected chi connectivity index (χ2v) is 5.13. The summed E-state index contributed by atoms with van der Waals surface area (Å²) >= 11 is 3.40.